The first-order chi connectivity index (χ1) is 16.8. The molecule has 2 aromatic heterocycles. The zero-order chi connectivity index (χ0) is 24.9. The van der Waals surface area contributed by atoms with Crippen LogP contribution in [-0.2, 0) is 16.1 Å². The molecule has 2 heterocycles. The Morgan fingerprint density at radius 3 is 2.74 bits per heavy atom. The Kier molecular flexibility index (Phi) is 5.76. The molecule has 0 spiro atoms. The SMILES string of the molecule is CCOC(=O)CNCc1nc2c(=O)n(C3CC3)c3c(C)c(-c4cc(F)c(N)cc4F)ccc3c2o1. The number of benzene rings is 2. The van der Waals surface area contributed by atoms with Gasteiger partial charge in [0.15, 0.2) is 11.1 Å². The number of halogens is 2. The van der Waals surface area contributed by atoms with Crippen molar-refractivity contribution in [2.24, 2.45) is 0 Å². The number of nitrogen functional groups attached to an aromatic ring is 1. The Hall–Kier alpha value is -3.79. The third kappa shape index (κ3) is 4.03. The number of esters is 1. The van der Waals surface area contributed by atoms with E-state index in [1.165, 1.54) is 0 Å². The van der Waals surface area contributed by atoms with Gasteiger partial charge in [-0.25, -0.2) is 13.8 Å². The van der Waals surface area contributed by atoms with E-state index < -0.39 is 17.6 Å². The van der Waals surface area contributed by atoms with E-state index in [4.69, 9.17) is 14.9 Å². The molecule has 35 heavy (non-hydrogen) atoms. The fourth-order valence-corrected chi connectivity index (χ4v) is 4.40. The van der Waals surface area contributed by atoms with Gasteiger partial charge in [-0.15, -0.1) is 0 Å². The van der Waals surface area contributed by atoms with Crippen LogP contribution in [0.25, 0.3) is 33.1 Å². The van der Waals surface area contributed by atoms with Crippen molar-refractivity contribution in [3.05, 3.63) is 57.7 Å². The quantitative estimate of drug-likeness (QED) is 0.303. The molecular weight excluding hydrogens is 458 g/mol. The molecule has 0 unspecified atom stereocenters. The number of nitrogens with one attached hydrogen (secondary N) is 1. The molecule has 0 radical (unpaired) electrons. The second-order valence-electron chi connectivity index (χ2n) is 8.59. The number of nitrogens with zero attached hydrogens (tertiary/aromatic N) is 2. The van der Waals surface area contributed by atoms with Gasteiger partial charge in [0.2, 0.25) is 5.89 Å². The Morgan fingerprint density at radius 2 is 2.03 bits per heavy atom. The fraction of sp³-hybridized carbons (Fsp3) is 0.320. The van der Waals surface area contributed by atoms with Gasteiger partial charge in [-0.2, -0.15) is 0 Å². The van der Waals surface area contributed by atoms with Crippen LogP contribution in [0.4, 0.5) is 14.5 Å². The molecule has 1 fully saturated rings. The van der Waals surface area contributed by atoms with Gasteiger partial charge in [0.05, 0.1) is 30.9 Å². The van der Waals surface area contributed by atoms with E-state index in [2.05, 4.69) is 10.3 Å². The summed E-state index contributed by atoms with van der Waals surface area (Å²) in [5.41, 5.74) is 7.17. The van der Waals surface area contributed by atoms with E-state index in [0.717, 1.165) is 25.0 Å². The highest BCUT2D eigenvalue weighted by molar-refractivity contribution is 6.04. The lowest BCUT2D eigenvalue weighted by Gasteiger charge is -2.16. The summed E-state index contributed by atoms with van der Waals surface area (Å²) in [6, 6.07) is 5.43. The molecule has 4 aromatic rings. The summed E-state index contributed by atoms with van der Waals surface area (Å²) in [6.07, 6.45) is 1.67. The Balaban J connectivity index is 1.65. The predicted octanol–water partition coefficient (Wildman–Crippen LogP) is 3.97. The molecule has 0 aliphatic heterocycles. The van der Waals surface area contributed by atoms with E-state index in [0.29, 0.717) is 27.6 Å². The summed E-state index contributed by atoms with van der Waals surface area (Å²) in [5, 5.41) is 3.54. The highest BCUT2D eigenvalue weighted by Gasteiger charge is 2.30. The smallest absolute Gasteiger partial charge is 0.319 e. The molecule has 1 aliphatic rings. The predicted molar refractivity (Wildman–Crippen MR) is 127 cm³/mol. The molecule has 10 heteroatoms. The highest BCUT2D eigenvalue weighted by Crippen LogP contribution is 2.41. The van der Waals surface area contributed by atoms with Gasteiger partial charge in [0.25, 0.3) is 5.56 Å². The zero-order valence-corrected chi connectivity index (χ0v) is 19.3. The maximum atomic E-state index is 14.7. The van der Waals surface area contributed by atoms with Crippen LogP contribution in [0, 0.1) is 18.6 Å². The average molecular weight is 482 g/mol. The van der Waals surface area contributed by atoms with Crippen LogP contribution in [0.15, 0.2) is 33.5 Å². The summed E-state index contributed by atoms with van der Waals surface area (Å²) in [4.78, 5) is 29.4. The minimum Gasteiger partial charge on any atom is -0.465 e. The monoisotopic (exact) mass is 482 g/mol. The van der Waals surface area contributed by atoms with Crippen LogP contribution in [0.5, 0.6) is 0 Å². The number of carbonyl (C=O) groups excluding carboxylic acids is 1. The molecule has 3 N–H and O–H groups in total. The second-order valence-corrected chi connectivity index (χ2v) is 8.59. The molecule has 0 atom stereocenters. The summed E-state index contributed by atoms with van der Waals surface area (Å²) >= 11 is 0. The highest BCUT2D eigenvalue weighted by atomic mass is 19.1. The lowest BCUT2D eigenvalue weighted by molar-refractivity contribution is -0.142. The van der Waals surface area contributed by atoms with Crippen molar-refractivity contribution in [2.75, 3.05) is 18.9 Å². The second kappa shape index (κ2) is 8.77. The van der Waals surface area contributed by atoms with Crippen LogP contribution < -0.4 is 16.6 Å². The lowest BCUT2D eigenvalue weighted by atomic mass is 9.96. The van der Waals surface area contributed by atoms with E-state index in [1.54, 1.807) is 30.5 Å². The molecule has 8 nitrogen and oxygen atoms in total. The number of pyridine rings is 1. The molecular formula is C25H24F2N4O4. The van der Waals surface area contributed by atoms with Gasteiger partial charge >= 0.3 is 5.97 Å². The summed E-state index contributed by atoms with van der Waals surface area (Å²) in [6.45, 7) is 3.88. The minimum absolute atomic E-state index is 0.00144. The first kappa shape index (κ1) is 23.0. The van der Waals surface area contributed by atoms with Crippen molar-refractivity contribution < 1.29 is 22.7 Å². The Labute approximate surface area is 198 Å². The third-order valence-corrected chi connectivity index (χ3v) is 6.15. The number of ether oxygens (including phenoxy) is 1. The number of anilines is 1. The minimum atomic E-state index is -0.717. The largest absolute Gasteiger partial charge is 0.465 e. The average Bonchev–Trinajstić information content (AvgIpc) is 3.56. The van der Waals surface area contributed by atoms with Crippen molar-refractivity contribution >= 4 is 33.7 Å². The van der Waals surface area contributed by atoms with E-state index in [9.17, 15) is 18.4 Å². The Bertz CT molecular complexity index is 1540. The number of hydrogen-bond donors (Lipinski definition) is 2. The number of oxazole rings is 1. The number of nitrogens with two attached hydrogens (primary N) is 1. The molecule has 182 valence electrons. The van der Waals surface area contributed by atoms with Gasteiger partial charge in [0.1, 0.15) is 11.6 Å². The first-order valence-corrected chi connectivity index (χ1v) is 11.4. The fourth-order valence-electron chi connectivity index (χ4n) is 4.40. The van der Waals surface area contributed by atoms with Crippen LogP contribution in [0.2, 0.25) is 0 Å². The van der Waals surface area contributed by atoms with Gasteiger partial charge < -0.3 is 19.5 Å². The lowest BCUT2D eigenvalue weighted by Crippen LogP contribution is -2.24. The number of fused-ring (bicyclic) bond motifs is 3. The van der Waals surface area contributed by atoms with Crippen molar-refractivity contribution in [1.82, 2.24) is 14.9 Å². The van der Waals surface area contributed by atoms with Crippen LogP contribution >= 0.6 is 0 Å². The van der Waals surface area contributed by atoms with Gasteiger partial charge in [0, 0.05) is 23.1 Å². The maximum absolute atomic E-state index is 14.7. The van der Waals surface area contributed by atoms with Gasteiger partial charge in [-0.1, -0.05) is 6.07 Å². The van der Waals surface area contributed by atoms with E-state index >= 15 is 0 Å². The number of aryl methyl sites for hydroxylation is 1. The van der Waals surface area contributed by atoms with Crippen LogP contribution in [0.1, 0.15) is 37.3 Å². The number of hydrogen-bond acceptors (Lipinski definition) is 7. The van der Waals surface area contributed by atoms with Gasteiger partial charge in [-0.3, -0.25) is 14.9 Å². The van der Waals surface area contributed by atoms with Gasteiger partial charge in [-0.05, 0) is 49.9 Å². The molecule has 1 saturated carbocycles. The Morgan fingerprint density at radius 1 is 1.26 bits per heavy atom. The molecule has 5 rings (SSSR count). The molecule has 0 amide bonds. The number of rotatable bonds is 7. The molecule has 1 aliphatic carbocycles. The number of carbonyl (C=O) groups is 1. The summed E-state index contributed by atoms with van der Waals surface area (Å²) < 4.78 is 41.4. The van der Waals surface area contributed by atoms with Crippen molar-refractivity contribution in [3.8, 4) is 11.1 Å². The molecule has 2 aromatic carbocycles. The standard InChI is InChI=1S/C25H24F2N4O4/c1-3-34-21(32)11-29-10-20-30-22-24(35-20)15-7-6-14(16-8-18(27)19(28)9-17(16)26)12(2)23(15)31(25(22)33)13-4-5-13/h6-9,13,29H,3-5,10-11,28H2,1-2H3. The number of aromatic nitrogens is 2. The van der Waals surface area contributed by atoms with E-state index in [-0.39, 0.29) is 54.0 Å². The van der Waals surface area contributed by atoms with Crippen LogP contribution in [0.3, 0.4) is 0 Å². The molecule has 0 saturated heterocycles. The van der Waals surface area contributed by atoms with Crippen molar-refractivity contribution in [2.45, 2.75) is 39.3 Å². The topological polar surface area (TPSA) is 112 Å². The van der Waals surface area contributed by atoms with E-state index in [1.807, 2.05) is 0 Å². The van der Waals surface area contributed by atoms with Crippen molar-refractivity contribution in [1.29, 1.82) is 0 Å². The molecule has 0 bridgehead atoms. The summed E-state index contributed by atoms with van der Waals surface area (Å²) in [7, 11) is 0. The normalized spacial score (nSPS) is 13.6. The zero-order valence-electron chi connectivity index (χ0n) is 19.3. The third-order valence-electron chi connectivity index (χ3n) is 6.15. The first-order valence-electron chi connectivity index (χ1n) is 11.4. The van der Waals surface area contributed by atoms with Crippen LogP contribution in [-0.4, -0.2) is 28.7 Å². The van der Waals surface area contributed by atoms with Crippen molar-refractivity contribution in [3.63, 3.8) is 0 Å². The maximum Gasteiger partial charge on any atom is 0.319 e. The summed E-state index contributed by atoms with van der Waals surface area (Å²) in [5.74, 6) is -1.52.